The zero-order chi connectivity index (χ0) is 15.6. The highest BCUT2D eigenvalue weighted by Crippen LogP contribution is 2.36. The van der Waals surface area contributed by atoms with Gasteiger partial charge in [0.1, 0.15) is 0 Å². The van der Waals surface area contributed by atoms with E-state index >= 15 is 0 Å². The van der Waals surface area contributed by atoms with Crippen LogP contribution in [0.2, 0.25) is 5.02 Å². The van der Waals surface area contributed by atoms with Crippen LogP contribution in [0.15, 0.2) is 18.2 Å². The molecule has 1 fully saturated rings. The third-order valence-electron chi connectivity index (χ3n) is 4.79. The molecule has 0 spiro atoms. The van der Waals surface area contributed by atoms with Crippen molar-refractivity contribution in [3.63, 3.8) is 0 Å². The van der Waals surface area contributed by atoms with Crippen LogP contribution in [-0.2, 0) is 0 Å². The number of halogens is 1. The fourth-order valence-corrected chi connectivity index (χ4v) is 3.57. The minimum absolute atomic E-state index is 0.0333. The smallest absolute Gasteiger partial charge is 0.0642 e. The first-order valence-electron chi connectivity index (χ1n) is 8.09. The summed E-state index contributed by atoms with van der Waals surface area (Å²) < 4.78 is 0. The normalized spacial score (nSPS) is 22.0. The molecule has 1 aliphatic rings. The molecule has 0 radical (unpaired) electrons. The molecular formula is C18H29ClN2. The molecule has 2 atom stereocenters. The second-order valence-electron chi connectivity index (χ2n) is 7.48. The van der Waals surface area contributed by atoms with Crippen molar-refractivity contribution >= 4 is 17.3 Å². The van der Waals surface area contributed by atoms with E-state index in [9.17, 15) is 0 Å². The molecule has 0 saturated carbocycles. The molecule has 2 nitrogen and oxygen atoms in total. The Morgan fingerprint density at radius 2 is 1.95 bits per heavy atom. The second-order valence-corrected chi connectivity index (χ2v) is 7.89. The molecule has 1 aromatic carbocycles. The quantitative estimate of drug-likeness (QED) is 0.832. The fraction of sp³-hybridized carbons (Fsp3) is 0.667. The molecule has 1 aromatic rings. The first-order valence-corrected chi connectivity index (χ1v) is 8.47. The maximum atomic E-state index is 6.49. The van der Waals surface area contributed by atoms with E-state index < -0.39 is 0 Å². The molecule has 2 rings (SSSR count). The Balaban J connectivity index is 2.12. The average Bonchev–Trinajstić information content (AvgIpc) is 2.63. The lowest BCUT2D eigenvalue weighted by Crippen LogP contribution is -2.26. The van der Waals surface area contributed by atoms with Gasteiger partial charge in [0.05, 0.1) is 10.7 Å². The number of nitrogens with two attached hydrogens (primary N) is 1. The van der Waals surface area contributed by atoms with Crippen LogP contribution in [0.1, 0.15) is 58.6 Å². The molecule has 0 aliphatic carbocycles. The summed E-state index contributed by atoms with van der Waals surface area (Å²) >= 11 is 6.49. The van der Waals surface area contributed by atoms with Gasteiger partial charge in [0, 0.05) is 19.1 Å². The highest BCUT2D eigenvalue weighted by Gasteiger charge is 2.27. The Morgan fingerprint density at radius 1 is 1.24 bits per heavy atom. The van der Waals surface area contributed by atoms with Crippen molar-refractivity contribution in [1.82, 2.24) is 0 Å². The van der Waals surface area contributed by atoms with Gasteiger partial charge in [-0.15, -0.1) is 0 Å². The van der Waals surface area contributed by atoms with Gasteiger partial charge < -0.3 is 10.6 Å². The summed E-state index contributed by atoms with van der Waals surface area (Å²) in [6.45, 7) is 11.3. The number of rotatable bonds is 2. The van der Waals surface area contributed by atoms with E-state index in [2.05, 4.69) is 37.8 Å². The van der Waals surface area contributed by atoms with Crippen molar-refractivity contribution in [2.45, 2.75) is 53.0 Å². The van der Waals surface area contributed by atoms with E-state index in [4.69, 9.17) is 17.3 Å². The molecule has 0 aromatic heterocycles. The number of hydrogen-bond acceptors (Lipinski definition) is 2. The van der Waals surface area contributed by atoms with Gasteiger partial charge >= 0.3 is 0 Å². The summed E-state index contributed by atoms with van der Waals surface area (Å²) in [5.74, 6) is 0.796. The van der Waals surface area contributed by atoms with E-state index in [-0.39, 0.29) is 6.04 Å². The van der Waals surface area contributed by atoms with E-state index in [1.165, 1.54) is 19.3 Å². The van der Waals surface area contributed by atoms with Gasteiger partial charge in [0.2, 0.25) is 0 Å². The van der Waals surface area contributed by atoms with Gasteiger partial charge in [0.15, 0.2) is 0 Å². The molecule has 1 heterocycles. The first kappa shape index (κ1) is 16.6. The maximum Gasteiger partial charge on any atom is 0.0642 e. The van der Waals surface area contributed by atoms with E-state index in [0.717, 1.165) is 35.3 Å². The van der Waals surface area contributed by atoms with Crippen molar-refractivity contribution in [3.8, 4) is 0 Å². The fourth-order valence-electron chi connectivity index (χ4n) is 3.27. The predicted molar refractivity (Wildman–Crippen MR) is 93.1 cm³/mol. The number of anilines is 1. The lowest BCUT2D eigenvalue weighted by atomic mass is 9.77. The van der Waals surface area contributed by atoms with Gasteiger partial charge in [-0.05, 0) is 55.2 Å². The minimum atomic E-state index is 0.0333. The Labute approximate surface area is 134 Å². The molecule has 1 saturated heterocycles. The standard InChI is InChI=1S/C18H29ClN2/c1-13(20)14-7-8-17(16(19)12-14)21-10-5-6-15(9-11-21)18(2,3)4/h7-8,12-13,15H,5-6,9-11,20H2,1-4H3/t13-,15?/m0/s1. The summed E-state index contributed by atoms with van der Waals surface area (Å²) in [5, 5.41) is 0.832. The van der Waals surface area contributed by atoms with E-state index in [1.807, 2.05) is 13.0 Å². The molecule has 118 valence electrons. The van der Waals surface area contributed by atoms with Crippen LogP contribution in [0.4, 0.5) is 5.69 Å². The predicted octanol–water partition coefficient (Wildman–Crippen LogP) is 5.01. The van der Waals surface area contributed by atoms with Crippen LogP contribution in [0.5, 0.6) is 0 Å². The van der Waals surface area contributed by atoms with Gasteiger partial charge in [0.25, 0.3) is 0 Å². The van der Waals surface area contributed by atoms with Gasteiger partial charge in [-0.1, -0.05) is 38.4 Å². The van der Waals surface area contributed by atoms with E-state index in [0.29, 0.717) is 5.41 Å². The Bertz CT molecular complexity index is 477. The van der Waals surface area contributed by atoms with Crippen LogP contribution >= 0.6 is 11.6 Å². The summed E-state index contributed by atoms with van der Waals surface area (Å²) in [6.07, 6.45) is 3.80. The zero-order valence-corrected chi connectivity index (χ0v) is 14.6. The molecule has 1 aliphatic heterocycles. The number of hydrogen-bond donors (Lipinski definition) is 1. The number of benzene rings is 1. The number of nitrogens with zero attached hydrogens (tertiary/aromatic N) is 1. The molecule has 0 bridgehead atoms. The van der Waals surface area contributed by atoms with Crippen molar-refractivity contribution in [3.05, 3.63) is 28.8 Å². The van der Waals surface area contributed by atoms with Crippen LogP contribution in [0.3, 0.4) is 0 Å². The van der Waals surface area contributed by atoms with Crippen molar-refractivity contribution < 1.29 is 0 Å². The maximum absolute atomic E-state index is 6.49. The summed E-state index contributed by atoms with van der Waals surface area (Å²) in [7, 11) is 0. The average molecular weight is 309 g/mol. The largest absolute Gasteiger partial charge is 0.370 e. The lowest BCUT2D eigenvalue weighted by Gasteiger charge is -2.30. The highest BCUT2D eigenvalue weighted by atomic mass is 35.5. The van der Waals surface area contributed by atoms with Gasteiger partial charge in [-0.3, -0.25) is 0 Å². The first-order chi connectivity index (χ1) is 9.79. The Kier molecular flexibility index (Phi) is 5.21. The lowest BCUT2D eigenvalue weighted by molar-refractivity contribution is 0.220. The van der Waals surface area contributed by atoms with Gasteiger partial charge in [-0.2, -0.15) is 0 Å². The zero-order valence-electron chi connectivity index (χ0n) is 13.8. The molecule has 1 unspecified atom stereocenters. The monoisotopic (exact) mass is 308 g/mol. The summed E-state index contributed by atoms with van der Waals surface area (Å²) in [5.41, 5.74) is 8.60. The molecule has 21 heavy (non-hydrogen) atoms. The minimum Gasteiger partial charge on any atom is -0.370 e. The highest BCUT2D eigenvalue weighted by molar-refractivity contribution is 6.33. The summed E-state index contributed by atoms with van der Waals surface area (Å²) in [4.78, 5) is 2.44. The van der Waals surface area contributed by atoms with Gasteiger partial charge in [-0.25, -0.2) is 0 Å². The van der Waals surface area contributed by atoms with Crippen molar-refractivity contribution in [1.29, 1.82) is 0 Å². The second kappa shape index (κ2) is 6.58. The Morgan fingerprint density at radius 3 is 2.52 bits per heavy atom. The molecular weight excluding hydrogens is 280 g/mol. The molecule has 3 heteroatoms. The van der Waals surface area contributed by atoms with Crippen molar-refractivity contribution in [2.24, 2.45) is 17.1 Å². The van der Waals surface area contributed by atoms with E-state index in [1.54, 1.807) is 0 Å². The van der Waals surface area contributed by atoms with Crippen LogP contribution in [0, 0.1) is 11.3 Å². The summed E-state index contributed by atoms with van der Waals surface area (Å²) in [6, 6.07) is 6.30. The van der Waals surface area contributed by atoms with Crippen LogP contribution < -0.4 is 10.6 Å². The third kappa shape index (κ3) is 4.14. The topological polar surface area (TPSA) is 29.3 Å². The Hall–Kier alpha value is -0.730. The molecule has 0 amide bonds. The SMILES string of the molecule is C[C@H](N)c1ccc(N2CCCC(C(C)(C)C)CC2)c(Cl)c1. The third-order valence-corrected chi connectivity index (χ3v) is 5.09. The van der Waals surface area contributed by atoms with Crippen molar-refractivity contribution in [2.75, 3.05) is 18.0 Å². The molecule has 2 N–H and O–H groups in total. The van der Waals surface area contributed by atoms with Crippen LogP contribution in [0.25, 0.3) is 0 Å². The van der Waals surface area contributed by atoms with Crippen LogP contribution in [-0.4, -0.2) is 13.1 Å².